The molecule has 2 heterocycles. The molecule has 2 amide bonds. The van der Waals surface area contributed by atoms with Crippen LogP contribution in [0.25, 0.3) is 0 Å². The minimum absolute atomic E-state index is 0.115. The van der Waals surface area contributed by atoms with Crippen molar-refractivity contribution >= 4 is 11.8 Å². The van der Waals surface area contributed by atoms with Gasteiger partial charge >= 0.3 is 0 Å². The average Bonchev–Trinajstić information content (AvgIpc) is 2.96. The van der Waals surface area contributed by atoms with Crippen molar-refractivity contribution in [2.24, 2.45) is 5.92 Å². The van der Waals surface area contributed by atoms with Gasteiger partial charge in [0.1, 0.15) is 11.8 Å². The maximum atomic E-state index is 12.6. The zero-order valence-electron chi connectivity index (χ0n) is 12.5. The van der Waals surface area contributed by atoms with Crippen LogP contribution < -0.4 is 5.43 Å². The van der Waals surface area contributed by atoms with E-state index in [1.807, 2.05) is 0 Å². The summed E-state index contributed by atoms with van der Waals surface area (Å²) in [5, 5.41) is 11.7. The Hall–Kier alpha value is -1.96. The number of nitrogens with one attached hydrogen (secondary N) is 1. The lowest BCUT2D eigenvalue weighted by atomic mass is 9.90. The standard InChI is InChI=1S/C15H19N3O4/c1-17-13-11(14(20)18(15(13)21)7-8-22-2)12(16-17)9-5-3-4-6-10(9)19/h3-6,11-13,16,19H,7-8H2,1-2H3/t11-,12-,13-/m0/s1. The number of hydrogen-bond donors (Lipinski definition) is 2. The van der Waals surface area contributed by atoms with E-state index in [0.29, 0.717) is 12.2 Å². The number of benzene rings is 1. The van der Waals surface area contributed by atoms with Gasteiger partial charge < -0.3 is 9.84 Å². The van der Waals surface area contributed by atoms with Crippen molar-refractivity contribution in [3.63, 3.8) is 0 Å². The van der Waals surface area contributed by atoms with Crippen LogP contribution in [-0.4, -0.2) is 60.2 Å². The van der Waals surface area contributed by atoms with Gasteiger partial charge in [0.25, 0.3) is 0 Å². The van der Waals surface area contributed by atoms with E-state index in [9.17, 15) is 14.7 Å². The molecular weight excluding hydrogens is 286 g/mol. The first-order valence-corrected chi connectivity index (χ1v) is 7.17. The maximum Gasteiger partial charge on any atom is 0.248 e. The van der Waals surface area contributed by atoms with Crippen molar-refractivity contribution < 1.29 is 19.4 Å². The molecule has 118 valence electrons. The fraction of sp³-hybridized carbons (Fsp3) is 0.467. The molecule has 1 aromatic carbocycles. The Morgan fingerprint density at radius 3 is 2.68 bits per heavy atom. The number of nitrogens with zero attached hydrogens (tertiary/aromatic N) is 2. The van der Waals surface area contributed by atoms with E-state index in [0.717, 1.165) is 0 Å². The monoisotopic (exact) mass is 305 g/mol. The van der Waals surface area contributed by atoms with Gasteiger partial charge in [0.2, 0.25) is 11.8 Å². The van der Waals surface area contributed by atoms with E-state index in [2.05, 4.69) is 5.43 Å². The summed E-state index contributed by atoms with van der Waals surface area (Å²) in [7, 11) is 3.27. The number of hydrazine groups is 1. The van der Waals surface area contributed by atoms with Crippen molar-refractivity contribution in [1.29, 1.82) is 0 Å². The minimum atomic E-state index is -0.547. The minimum Gasteiger partial charge on any atom is -0.508 e. The molecule has 2 saturated heterocycles. The number of ether oxygens (including phenoxy) is 1. The van der Waals surface area contributed by atoms with Gasteiger partial charge in [-0.1, -0.05) is 18.2 Å². The van der Waals surface area contributed by atoms with Gasteiger partial charge in [-0.2, -0.15) is 0 Å². The maximum absolute atomic E-state index is 12.6. The molecule has 0 radical (unpaired) electrons. The van der Waals surface area contributed by atoms with Gasteiger partial charge in [0.05, 0.1) is 25.1 Å². The summed E-state index contributed by atoms with van der Waals surface area (Å²) in [6.07, 6.45) is 0. The van der Waals surface area contributed by atoms with Crippen LogP contribution in [0, 0.1) is 5.92 Å². The molecule has 0 unspecified atom stereocenters. The van der Waals surface area contributed by atoms with E-state index < -0.39 is 18.0 Å². The Kier molecular flexibility index (Phi) is 3.86. The second-order valence-electron chi connectivity index (χ2n) is 5.57. The Balaban J connectivity index is 1.93. The molecule has 22 heavy (non-hydrogen) atoms. The summed E-state index contributed by atoms with van der Waals surface area (Å²) in [4.78, 5) is 26.4. The highest BCUT2D eigenvalue weighted by atomic mass is 16.5. The van der Waals surface area contributed by atoms with Gasteiger partial charge in [-0.15, -0.1) is 0 Å². The molecule has 0 saturated carbocycles. The lowest BCUT2D eigenvalue weighted by Crippen LogP contribution is -2.43. The molecule has 2 N–H and O–H groups in total. The quantitative estimate of drug-likeness (QED) is 0.755. The summed E-state index contributed by atoms with van der Waals surface area (Å²) in [6, 6.07) is 5.90. The molecule has 2 aliphatic heterocycles. The highest BCUT2D eigenvalue weighted by molar-refractivity contribution is 6.08. The summed E-state index contributed by atoms with van der Waals surface area (Å²) in [5.41, 5.74) is 3.75. The number of aromatic hydroxyl groups is 1. The Morgan fingerprint density at radius 1 is 1.27 bits per heavy atom. The van der Waals surface area contributed by atoms with Crippen LogP contribution in [0.4, 0.5) is 0 Å². The van der Waals surface area contributed by atoms with Crippen molar-refractivity contribution in [2.75, 3.05) is 27.3 Å². The fourth-order valence-corrected chi connectivity index (χ4v) is 3.26. The first kappa shape index (κ1) is 15.0. The topological polar surface area (TPSA) is 82.1 Å². The Labute approximate surface area is 128 Å². The van der Waals surface area contributed by atoms with E-state index in [1.54, 1.807) is 36.3 Å². The summed E-state index contributed by atoms with van der Waals surface area (Å²) < 4.78 is 4.96. The molecule has 7 nitrogen and oxygen atoms in total. The number of imide groups is 1. The van der Waals surface area contributed by atoms with E-state index in [-0.39, 0.29) is 24.1 Å². The number of rotatable bonds is 4. The van der Waals surface area contributed by atoms with Crippen molar-refractivity contribution in [2.45, 2.75) is 12.1 Å². The molecule has 2 aliphatic rings. The number of carbonyl (C=O) groups is 2. The predicted octanol–water partition coefficient (Wildman–Crippen LogP) is -0.117. The largest absolute Gasteiger partial charge is 0.508 e. The number of carbonyl (C=O) groups excluding carboxylic acids is 2. The van der Waals surface area contributed by atoms with Crippen LogP contribution >= 0.6 is 0 Å². The third-order valence-electron chi connectivity index (χ3n) is 4.32. The molecule has 2 fully saturated rings. The number of para-hydroxylation sites is 1. The molecule has 0 aromatic heterocycles. The first-order chi connectivity index (χ1) is 10.6. The SMILES string of the molecule is COCCN1C(=O)[C@@H]2[C@@H](C1=O)N(C)N[C@H]2c1ccccc1O. The second kappa shape index (κ2) is 5.68. The molecule has 0 aliphatic carbocycles. The van der Waals surface area contributed by atoms with Crippen LogP contribution in [0.1, 0.15) is 11.6 Å². The fourth-order valence-electron chi connectivity index (χ4n) is 3.26. The molecular formula is C15H19N3O4. The van der Waals surface area contributed by atoms with Crippen LogP contribution in [0.3, 0.4) is 0 Å². The Morgan fingerprint density at radius 2 is 2.00 bits per heavy atom. The summed E-state index contributed by atoms with van der Waals surface area (Å²) in [6.45, 7) is 0.567. The van der Waals surface area contributed by atoms with Crippen molar-refractivity contribution in [1.82, 2.24) is 15.3 Å². The van der Waals surface area contributed by atoms with Crippen LogP contribution in [0.15, 0.2) is 24.3 Å². The number of methoxy groups -OCH3 is 1. The lowest BCUT2D eigenvalue weighted by Gasteiger charge is -2.22. The number of phenolic OH excluding ortho intramolecular Hbond substituents is 1. The normalized spacial score (nSPS) is 28.5. The third kappa shape index (κ3) is 2.18. The number of amides is 2. The molecule has 3 rings (SSSR count). The second-order valence-corrected chi connectivity index (χ2v) is 5.57. The van der Waals surface area contributed by atoms with E-state index in [1.165, 1.54) is 12.0 Å². The number of hydrogen-bond acceptors (Lipinski definition) is 6. The number of fused-ring (bicyclic) bond motifs is 1. The van der Waals surface area contributed by atoms with Crippen LogP contribution in [0.5, 0.6) is 5.75 Å². The van der Waals surface area contributed by atoms with E-state index >= 15 is 0 Å². The van der Waals surface area contributed by atoms with Crippen LogP contribution in [-0.2, 0) is 14.3 Å². The number of likely N-dealkylation sites (N-methyl/N-ethyl adjacent to an activating group) is 1. The van der Waals surface area contributed by atoms with Crippen molar-refractivity contribution in [3.8, 4) is 5.75 Å². The Bertz CT molecular complexity index is 606. The van der Waals surface area contributed by atoms with Gasteiger partial charge in [-0.25, -0.2) is 10.4 Å². The molecule has 0 bridgehead atoms. The van der Waals surface area contributed by atoms with Gasteiger partial charge in [0, 0.05) is 19.7 Å². The predicted molar refractivity (Wildman–Crippen MR) is 77.6 cm³/mol. The zero-order valence-corrected chi connectivity index (χ0v) is 12.5. The zero-order chi connectivity index (χ0) is 15.9. The summed E-state index contributed by atoms with van der Waals surface area (Å²) >= 11 is 0. The van der Waals surface area contributed by atoms with Crippen LogP contribution in [0.2, 0.25) is 0 Å². The third-order valence-corrected chi connectivity index (χ3v) is 4.32. The average molecular weight is 305 g/mol. The van der Waals surface area contributed by atoms with Gasteiger partial charge in [-0.05, 0) is 6.07 Å². The van der Waals surface area contributed by atoms with Gasteiger partial charge in [0.15, 0.2) is 0 Å². The first-order valence-electron chi connectivity index (χ1n) is 7.17. The molecule has 3 atom stereocenters. The highest BCUT2D eigenvalue weighted by Crippen LogP contribution is 2.41. The smallest absolute Gasteiger partial charge is 0.248 e. The molecule has 7 heteroatoms. The number of phenols is 1. The summed E-state index contributed by atoms with van der Waals surface area (Å²) in [5.74, 6) is -0.871. The lowest BCUT2D eigenvalue weighted by molar-refractivity contribution is -0.142. The highest BCUT2D eigenvalue weighted by Gasteiger charge is 2.57. The van der Waals surface area contributed by atoms with Gasteiger partial charge in [-0.3, -0.25) is 14.5 Å². The molecule has 0 spiro atoms. The van der Waals surface area contributed by atoms with E-state index in [4.69, 9.17) is 4.74 Å². The van der Waals surface area contributed by atoms with Crippen molar-refractivity contribution in [3.05, 3.63) is 29.8 Å². The molecule has 1 aromatic rings. The number of likely N-dealkylation sites (tertiary alicyclic amines) is 1.